The van der Waals surface area contributed by atoms with Crippen molar-refractivity contribution < 1.29 is 4.74 Å². The number of benzene rings is 1. The van der Waals surface area contributed by atoms with E-state index in [1.165, 1.54) is 11.1 Å². The summed E-state index contributed by atoms with van der Waals surface area (Å²) in [6.07, 6.45) is 0. The van der Waals surface area contributed by atoms with Gasteiger partial charge in [0.1, 0.15) is 12.4 Å². The lowest BCUT2D eigenvalue weighted by Crippen LogP contribution is -2.23. The third-order valence-electron chi connectivity index (χ3n) is 2.38. The van der Waals surface area contributed by atoms with Crippen molar-refractivity contribution in [2.24, 2.45) is 5.73 Å². The van der Waals surface area contributed by atoms with E-state index in [0.29, 0.717) is 12.5 Å². The van der Waals surface area contributed by atoms with Gasteiger partial charge in [-0.25, -0.2) is 0 Å². The van der Waals surface area contributed by atoms with Gasteiger partial charge in [-0.05, 0) is 37.0 Å². The molecule has 0 unspecified atom stereocenters. The number of ether oxygens (including phenoxy) is 1. The zero-order valence-electron chi connectivity index (χ0n) is 10.1. The summed E-state index contributed by atoms with van der Waals surface area (Å²) in [7, 11) is 0. The molecule has 0 aliphatic rings. The van der Waals surface area contributed by atoms with Gasteiger partial charge >= 0.3 is 0 Å². The molecule has 2 heteroatoms. The maximum atomic E-state index is 5.66. The molecule has 2 N–H and O–H groups in total. The minimum atomic E-state index is 0.0760. The molecule has 0 heterocycles. The molecule has 1 aromatic carbocycles. The molecule has 0 saturated heterocycles. The zero-order valence-corrected chi connectivity index (χ0v) is 10.1. The summed E-state index contributed by atoms with van der Waals surface area (Å²) in [5, 5.41) is 0. The van der Waals surface area contributed by atoms with Crippen LogP contribution in [0.15, 0.2) is 18.2 Å². The van der Waals surface area contributed by atoms with E-state index < -0.39 is 0 Å². The Hall–Kier alpha value is -1.02. The lowest BCUT2D eigenvalue weighted by molar-refractivity contribution is 0.294. The molecule has 0 aliphatic carbocycles. The summed E-state index contributed by atoms with van der Waals surface area (Å²) in [6.45, 7) is 8.94. The van der Waals surface area contributed by atoms with Crippen LogP contribution in [0.2, 0.25) is 0 Å². The number of nitrogens with two attached hydrogens (primary N) is 1. The van der Waals surface area contributed by atoms with E-state index in [-0.39, 0.29) is 6.04 Å². The quantitative estimate of drug-likeness (QED) is 0.824. The fourth-order valence-electron chi connectivity index (χ4n) is 1.35. The van der Waals surface area contributed by atoms with Crippen molar-refractivity contribution >= 4 is 0 Å². The first-order valence-electron chi connectivity index (χ1n) is 5.49. The average Bonchev–Trinajstić information content (AvgIpc) is 2.16. The number of hydrogen-bond donors (Lipinski definition) is 1. The molecular weight excluding hydrogens is 186 g/mol. The molecule has 0 saturated carbocycles. The molecule has 0 spiro atoms. The summed E-state index contributed by atoms with van der Waals surface area (Å²) >= 11 is 0. The minimum absolute atomic E-state index is 0.0760. The molecule has 0 radical (unpaired) electrons. The Labute approximate surface area is 92.4 Å². The lowest BCUT2D eigenvalue weighted by atomic mass is 10.0. The van der Waals surface area contributed by atoms with Crippen molar-refractivity contribution in [2.45, 2.75) is 39.7 Å². The molecule has 0 aliphatic heterocycles. The van der Waals surface area contributed by atoms with Crippen molar-refractivity contribution in [3.8, 4) is 5.75 Å². The maximum Gasteiger partial charge on any atom is 0.122 e. The van der Waals surface area contributed by atoms with E-state index >= 15 is 0 Å². The fraction of sp³-hybridized carbons (Fsp3) is 0.538. The van der Waals surface area contributed by atoms with E-state index in [4.69, 9.17) is 10.5 Å². The van der Waals surface area contributed by atoms with E-state index in [2.05, 4.69) is 39.0 Å². The van der Waals surface area contributed by atoms with Crippen LogP contribution in [0.25, 0.3) is 0 Å². The third-order valence-corrected chi connectivity index (χ3v) is 2.38. The standard InChI is InChI=1S/C13H21NO/c1-9(2)12-6-5-10(3)13(7-12)15-8-11(4)14/h5-7,9,11H,8,14H2,1-4H3/t11-/m0/s1. The largest absolute Gasteiger partial charge is 0.492 e. The lowest BCUT2D eigenvalue weighted by Gasteiger charge is -2.14. The van der Waals surface area contributed by atoms with Crippen molar-refractivity contribution in [1.82, 2.24) is 0 Å². The summed E-state index contributed by atoms with van der Waals surface area (Å²) in [5.74, 6) is 1.49. The maximum absolute atomic E-state index is 5.66. The highest BCUT2D eigenvalue weighted by molar-refractivity contribution is 5.37. The van der Waals surface area contributed by atoms with E-state index in [9.17, 15) is 0 Å². The Bertz CT molecular complexity index is 318. The van der Waals surface area contributed by atoms with Crippen molar-refractivity contribution in [3.63, 3.8) is 0 Å². The summed E-state index contributed by atoms with van der Waals surface area (Å²) < 4.78 is 5.66. The average molecular weight is 207 g/mol. The molecule has 1 rings (SSSR count). The molecular formula is C13H21NO. The Balaban J connectivity index is 2.81. The Morgan fingerprint density at radius 2 is 1.93 bits per heavy atom. The van der Waals surface area contributed by atoms with Gasteiger partial charge in [0.25, 0.3) is 0 Å². The second-order valence-electron chi connectivity index (χ2n) is 4.47. The second-order valence-corrected chi connectivity index (χ2v) is 4.47. The molecule has 1 atom stereocenters. The first-order valence-corrected chi connectivity index (χ1v) is 5.49. The van der Waals surface area contributed by atoms with Crippen LogP contribution in [0.4, 0.5) is 0 Å². The molecule has 84 valence electrons. The smallest absolute Gasteiger partial charge is 0.122 e. The number of aryl methyl sites for hydroxylation is 1. The van der Waals surface area contributed by atoms with Crippen LogP contribution in [-0.2, 0) is 0 Å². The van der Waals surface area contributed by atoms with Gasteiger partial charge in [-0.3, -0.25) is 0 Å². The van der Waals surface area contributed by atoms with E-state index in [0.717, 1.165) is 5.75 Å². The van der Waals surface area contributed by atoms with Crippen LogP contribution >= 0.6 is 0 Å². The normalized spacial score (nSPS) is 12.9. The number of hydrogen-bond acceptors (Lipinski definition) is 2. The molecule has 1 aromatic rings. The van der Waals surface area contributed by atoms with Crippen LogP contribution in [0.3, 0.4) is 0 Å². The SMILES string of the molecule is Cc1ccc(C(C)C)cc1OC[C@H](C)N. The van der Waals surface area contributed by atoms with Crippen molar-refractivity contribution in [2.75, 3.05) is 6.61 Å². The summed E-state index contributed by atoms with van der Waals surface area (Å²) in [6, 6.07) is 6.44. The van der Waals surface area contributed by atoms with Gasteiger partial charge < -0.3 is 10.5 Å². The first-order chi connectivity index (χ1) is 7.00. The third kappa shape index (κ3) is 3.56. The minimum Gasteiger partial charge on any atom is -0.492 e. The van der Waals surface area contributed by atoms with E-state index in [1.807, 2.05) is 6.92 Å². The van der Waals surface area contributed by atoms with Gasteiger partial charge in [0.05, 0.1) is 0 Å². The highest BCUT2D eigenvalue weighted by atomic mass is 16.5. The van der Waals surface area contributed by atoms with Crippen LogP contribution in [0, 0.1) is 6.92 Å². The zero-order chi connectivity index (χ0) is 11.4. The topological polar surface area (TPSA) is 35.2 Å². The number of rotatable bonds is 4. The Morgan fingerprint density at radius 3 is 2.47 bits per heavy atom. The van der Waals surface area contributed by atoms with Gasteiger partial charge in [0.15, 0.2) is 0 Å². The second kappa shape index (κ2) is 5.17. The molecule has 15 heavy (non-hydrogen) atoms. The van der Waals surface area contributed by atoms with Gasteiger partial charge in [0, 0.05) is 6.04 Å². The van der Waals surface area contributed by atoms with Gasteiger partial charge in [-0.15, -0.1) is 0 Å². The molecule has 0 amide bonds. The van der Waals surface area contributed by atoms with Crippen LogP contribution in [0.5, 0.6) is 5.75 Å². The van der Waals surface area contributed by atoms with Crippen LogP contribution < -0.4 is 10.5 Å². The van der Waals surface area contributed by atoms with Gasteiger partial charge in [-0.2, -0.15) is 0 Å². The fourth-order valence-corrected chi connectivity index (χ4v) is 1.35. The Morgan fingerprint density at radius 1 is 1.27 bits per heavy atom. The van der Waals surface area contributed by atoms with Gasteiger partial charge in [-0.1, -0.05) is 26.0 Å². The van der Waals surface area contributed by atoms with Crippen molar-refractivity contribution in [3.05, 3.63) is 29.3 Å². The Kier molecular flexibility index (Phi) is 4.15. The highest BCUT2D eigenvalue weighted by Crippen LogP contribution is 2.24. The van der Waals surface area contributed by atoms with Gasteiger partial charge in [0.2, 0.25) is 0 Å². The van der Waals surface area contributed by atoms with Crippen LogP contribution in [0.1, 0.15) is 37.8 Å². The van der Waals surface area contributed by atoms with Crippen molar-refractivity contribution in [1.29, 1.82) is 0 Å². The molecule has 2 nitrogen and oxygen atoms in total. The molecule has 0 bridgehead atoms. The molecule has 0 aromatic heterocycles. The summed E-state index contributed by atoms with van der Waals surface area (Å²) in [4.78, 5) is 0. The first kappa shape index (κ1) is 12.1. The summed E-state index contributed by atoms with van der Waals surface area (Å²) in [5.41, 5.74) is 8.14. The predicted molar refractivity (Wildman–Crippen MR) is 64.4 cm³/mol. The monoisotopic (exact) mass is 207 g/mol. The highest BCUT2D eigenvalue weighted by Gasteiger charge is 2.05. The van der Waals surface area contributed by atoms with Crippen LogP contribution in [-0.4, -0.2) is 12.6 Å². The predicted octanol–water partition coefficient (Wildman–Crippen LogP) is 2.84. The molecule has 0 fully saturated rings. The van der Waals surface area contributed by atoms with E-state index in [1.54, 1.807) is 0 Å².